The molecular formula is C35H51F3O2. The first-order valence-corrected chi connectivity index (χ1v) is 16.0. The van der Waals surface area contributed by atoms with Crippen LogP contribution in [0, 0.1) is 11.6 Å². The Bertz CT molecular complexity index is 976. The molecule has 1 aliphatic rings. The Hall–Kier alpha value is -1.85. The number of rotatable bonds is 20. The highest BCUT2D eigenvalue weighted by Gasteiger charge is 2.27. The molecule has 0 fully saturated rings. The van der Waals surface area contributed by atoms with Gasteiger partial charge in [-0.1, -0.05) is 89.5 Å². The minimum atomic E-state index is -0.996. The second-order valence-electron chi connectivity index (χ2n) is 11.5. The molecule has 0 heterocycles. The van der Waals surface area contributed by atoms with Crippen molar-refractivity contribution < 1.29 is 22.6 Å². The third-order valence-corrected chi connectivity index (χ3v) is 8.11. The molecule has 2 nitrogen and oxygen atoms in total. The van der Waals surface area contributed by atoms with Gasteiger partial charge in [0.2, 0.25) is 0 Å². The van der Waals surface area contributed by atoms with Gasteiger partial charge in [0, 0.05) is 25.2 Å². The van der Waals surface area contributed by atoms with E-state index in [1.807, 2.05) is 24.3 Å². The maximum Gasteiger partial charge on any atom is 0.166 e. The summed E-state index contributed by atoms with van der Waals surface area (Å²) in [6.45, 7) is 6.08. The molecule has 0 aromatic heterocycles. The van der Waals surface area contributed by atoms with Crippen molar-refractivity contribution in [2.24, 2.45) is 0 Å². The molecule has 0 amide bonds. The molecule has 2 atom stereocenters. The van der Waals surface area contributed by atoms with Gasteiger partial charge in [-0.2, -0.15) is 0 Å². The summed E-state index contributed by atoms with van der Waals surface area (Å²) in [5.41, 5.74) is 3.44. The van der Waals surface area contributed by atoms with Gasteiger partial charge in [0.1, 0.15) is 6.17 Å². The van der Waals surface area contributed by atoms with E-state index in [9.17, 15) is 4.39 Å². The first kappa shape index (κ1) is 32.7. The van der Waals surface area contributed by atoms with Crippen molar-refractivity contribution in [2.75, 3.05) is 19.8 Å². The molecule has 2 aromatic rings. The first-order valence-electron chi connectivity index (χ1n) is 16.0. The van der Waals surface area contributed by atoms with Gasteiger partial charge in [-0.3, -0.25) is 0 Å². The highest BCUT2D eigenvalue weighted by Crippen LogP contribution is 2.34. The molecule has 0 saturated carbocycles. The van der Waals surface area contributed by atoms with Crippen LogP contribution in [0.5, 0.6) is 0 Å². The van der Waals surface area contributed by atoms with Crippen molar-refractivity contribution in [1.82, 2.24) is 0 Å². The summed E-state index contributed by atoms with van der Waals surface area (Å²) in [4.78, 5) is 0. The van der Waals surface area contributed by atoms with Gasteiger partial charge in [0.05, 0.1) is 12.7 Å². The summed E-state index contributed by atoms with van der Waals surface area (Å²) >= 11 is 0. The topological polar surface area (TPSA) is 18.5 Å². The summed E-state index contributed by atoms with van der Waals surface area (Å²) < 4.78 is 56.1. The van der Waals surface area contributed by atoms with E-state index in [1.165, 1.54) is 24.8 Å². The molecule has 3 rings (SSSR count). The fourth-order valence-corrected chi connectivity index (χ4v) is 5.57. The maximum atomic E-state index is 15.2. The van der Waals surface area contributed by atoms with Crippen molar-refractivity contribution in [2.45, 2.75) is 129 Å². The quantitative estimate of drug-likeness (QED) is 0.150. The zero-order valence-electron chi connectivity index (χ0n) is 24.9. The Balaban J connectivity index is 1.44. The molecule has 0 spiro atoms. The standard InChI is InChI=1S/C35H51F3O2/c1-3-5-7-11-15-30(36)26-40-31-21-20-29-24-32(34(37)35(38)33(29)25-31)28-18-16-27(17-19-28)14-10-9-13-23-39-22-12-8-6-4-2/h16-19,24,30-31H,3-15,20-23,25-26H2,1-2H3. The van der Waals surface area contributed by atoms with Gasteiger partial charge in [-0.05, 0) is 73.3 Å². The molecule has 5 heteroatoms. The summed E-state index contributed by atoms with van der Waals surface area (Å²) in [6.07, 6.45) is 14.2. The SMILES string of the molecule is CCCCCCOCCCCCc1ccc(-c2cc3c(c(F)c2F)CC(OCC(F)CCCCCC)CC3)cc1. The number of halogens is 3. The van der Waals surface area contributed by atoms with E-state index in [0.29, 0.717) is 42.4 Å². The summed E-state index contributed by atoms with van der Waals surface area (Å²) in [5.74, 6) is -1.59. The van der Waals surface area contributed by atoms with Crippen LogP contribution in [0.4, 0.5) is 13.2 Å². The largest absolute Gasteiger partial charge is 0.381 e. The van der Waals surface area contributed by atoms with E-state index >= 15 is 8.78 Å². The van der Waals surface area contributed by atoms with Gasteiger partial charge in [-0.25, -0.2) is 13.2 Å². The van der Waals surface area contributed by atoms with Crippen LogP contribution in [0.15, 0.2) is 30.3 Å². The minimum Gasteiger partial charge on any atom is -0.381 e. The summed E-state index contributed by atoms with van der Waals surface area (Å²) in [6, 6.07) is 9.64. The van der Waals surface area contributed by atoms with Crippen LogP contribution in [-0.4, -0.2) is 32.1 Å². The van der Waals surface area contributed by atoms with Gasteiger partial charge in [0.15, 0.2) is 11.6 Å². The van der Waals surface area contributed by atoms with Crippen LogP contribution in [0.25, 0.3) is 11.1 Å². The number of fused-ring (bicyclic) bond motifs is 1. The Labute approximate surface area is 241 Å². The second-order valence-corrected chi connectivity index (χ2v) is 11.5. The number of benzene rings is 2. The van der Waals surface area contributed by atoms with Crippen LogP contribution >= 0.6 is 0 Å². The van der Waals surface area contributed by atoms with Crippen molar-refractivity contribution in [3.63, 3.8) is 0 Å². The van der Waals surface area contributed by atoms with E-state index in [-0.39, 0.29) is 12.7 Å². The lowest BCUT2D eigenvalue weighted by molar-refractivity contribution is 0.00865. The number of hydrogen-bond acceptors (Lipinski definition) is 2. The van der Waals surface area contributed by atoms with Gasteiger partial charge in [0.25, 0.3) is 0 Å². The van der Waals surface area contributed by atoms with Crippen LogP contribution in [-0.2, 0) is 28.7 Å². The zero-order chi connectivity index (χ0) is 28.6. The predicted molar refractivity (Wildman–Crippen MR) is 160 cm³/mol. The normalized spacial score (nSPS) is 15.8. The molecule has 0 aliphatic heterocycles. The van der Waals surface area contributed by atoms with Crippen LogP contribution in [0.3, 0.4) is 0 Å². The van der Waals surface area contributed by atoms with Gasteiger partial charge < -0.3 is 9.47 Å². The molecule has 224 valence electrons. The number of aryl methyl sites for hydroxylation is 2. The van der Waals surface area contributed by atoms with Crippen molar-refractivity contribution in [3.8, 4) is 11.1 Å². The molecular weight excluding hydrogens is 509 g/mol. The monoisotopic (exact) mass is 560 g/mol. The lowest BCUT2D eigenvalue weighted by Gasteiger charge is -2.27. The molecule has 2 unspecified atom stereocenters. The Kier molecular flexibility index (Phi) is 15.2. The molecule has 0 N–H and O–H groups in total. The number of alkyl halides is 1. The fourth-order valence-electron chi connectivity index (χ4n) is 5.57. The molecule has 40 heavy (non-hydrogen) atoms. The van der Waals surface area contributed by atoms with Crippen molar-refractivity contribution in [1.29, 1.82) is 0 Å². The minimum absolute atomic E-state index is 0.0353. The Morgan fingerprint density at radius 2 is 1.50 bits per heavy atom. The van der Waals surface area contributed by atoms with E-state index in [4.69, 9.17) is 9.47 Å². The second kappa shape index (κ2) is 18.6. The van der Waals surface area contributed by atoms with Crippen LogP contribution < -0.4 is 0 Å². The average Bonchev–Trinajstić information content (AvgIpc) is 2.97. The maximum absolute atomic E-state index is 15.2. The third-order valence-electron chi connectivity index (χ3n) is 8.11. The molecule has 1 aliphatic carbocycles. The van der Waals surface area contributed by atoms with E-state index in [1.54, 1.807) is 6.07 Å². The van der Waals surface area contributed by atoms with Gasteiger partial charge >= 0.3 is 0 Å². The van der Waals surface area contributed by atoms with Crippen LogP contribution in [0.2, 0.25) is 0 Å². The summed E-state index contributed by atoms with van der Waals surface area (Å²) in [5, 5.41) is 0. The number of unbranched alkanes of at least 4 members (excludes halogenated alkanes) is 8. The molecule has 0 saturated heterocycles. The highest BCUT2D eigenvalue weighted by molar-refractivity contribution is 5.66. The van der Waals surface area contributed by atoms with E-state index in [2.05, 4.69) is 13.8 Å². The molecule has 2 aromatic carbocycles. The highest BCUT2D eigenvalue weighted by atomic mass is 19.2. The number of ether oxygens (including phenoxy) is 2. The average molecular weight is 561 g/mol. The third kappa shape index (κ3) is 10.9. The van der Waals surface area contributed by atoms with E-state index in [0.717, 1.165) is 76.6 Å². The fraction of sp³-hybridized carbons (Fsp3) is 0.657. The first-order chi connectivity index (χ1) is 19.5. The number of hydrogen-bond donors (Lipinski definition) is 0. The van der Waals surface area contributed by atoms with Gasteiger partial charge in [-0.15, -0.1) is 0 Å². The zero-order valence-corrected chi connectivity index (χ0v) is 24.9. The smallest absolute Gasteiger partial charge is 0.166 e. The summed E-state index contributed by atoms with van der Waals surface area (Å²) in [7, 11) is 0. The van der Waals surface area contributed by atoms with E-state index < -0.39 is 17.8 Å². The van der Waals surface area contributed by atoms with Crippen molar-refractivity contribution >= 4 is 0 Å². The predicted octanol–water partition coefficient (Wildman–Crippen LogP) is 10.1. The van der Waals surface area contributed by atoms with Crippen LogP contribution in [0.1, 0.15) is 114 Å². The Morgan fingerprint density at radius 3 is 2.20 bits per heavy atom. The Morgan fingerprint density at radius 1 is 0.825 bits per heavy atom. The molecule has 0 bridgehead atoms. The lowest BCUT2D eigenvalue weighted by atomic mass is 9.86. The lowest BCUT2D eigenvalue weighted by Crippen LogP contribution is -2.27. The van der Waals surface area contributed by atoms with Crippen molar-refractivity contribution in [3.05, 3.63) is 58.7 Å². The molecule has 0 radical (unpaired) electrons.